The van der Waals surface area contributed by atoms with E-state index in [1.807, 2.05) is 6.07 Å². The molecule has 1 saturated heterocycles. The van der Waals surface area contributed by atoms with E-state index in [4.69, 9.17) is 0 Å². The van der Waals surface area contributed by atoms with Gasteiger partial charge in [-0.3, -0.25) is 4.90 Å². The molecule has 19 heavy (non-hydrogen) atoms. The van der Waals surface area contributed by atoms with Gasteiger partial charge < -0.3 is 0 Å². The highest BCUT2D eigenvalue weighted by Crippen LogP contribution is 2.38. The van der Waals surface area contributed by atoms with E-state index in [0.29, 0.717) is 0 Å². The second-order valence-electron chi connectivity index (χ2n) is 6.22. The summed E-state index contributed by atoms with van der Waals surface area (Å²) in [5.74, 6) is 0.284. The van der Waals surface area contributed by atoms with Crippen LogP contribution in [0.1, 0.15) is 39.2 Å². The average molecular weight is 263 g/mol. The minimum absolute atomic E-state index is 0.113. The Balaban J connectivity index is 2.04. The van der Waals surface area contributed by atoms with Crippen molar-refractivity contribution in [2.45, 2.75) is 45.8 Å². The number of piperidine rings is 1. The summed E-state index contributed by atoms with van der Waals surface area (Å²) in [5.41, 5.74) is 0.316. The van der Waals surface area contributed by atoms with Gasteiger partial charge in [0.15, 0.2) is 0 Å². The Morgan fingerprint density at radius 1 is 1.26 bits per heavy atom. The van der Waals surface area contributed by atoms with E-state index in [0.717, 1.165) is 32.5 Å². The number of likely N-dealkylation sites (tertiary alicyclic amines) is 1. The highest BCUT2D eigenvalue weighted by molar-refractivity contribution is 5.14. The molecular weight excluding hydrogens is 237 g/mol. The number of benzene rings is 1. The van der Waals surface area contributed by atoms with Crippen LogP contribution in [0.5, 0.6) is 0 Å². The van der Waals surface area contributed by atoms with Crippen molar-refractivity contribution >= 4 is 0 Å². The maximum atomic E-state index is 14.8. The molecule has 0 bridgehead atoms. The summed E-state index contributed by atoms with van der Waals surface area (Å²) in [5, 5.41) is 0. The largest absolute Gasteiger partial charge is 0.298 e. The van der Waals surface area contributed by atoms with E-state index in [2.05, 4.69) is 43.0 Å². The Kier molecular flexibility index (Phi) is 4.62. The summed E-state index contributed by atoms with van der Waals surface area (Å²) < 4.78 is 14.8. The first-order chi connectivity index (χ1) is 9.04. The number of nitrogens with zero attached hydrogens (tertiary/aromatic N) is 1. The molecule has 1 aliphatic rings. The van der Waals surface area contributed by atoms with Crippen molar-refractivity contribution < 1.29 is 4.39 Å². The van der Waals surface area contributed by atoms with Crippen LogP contribution in [-0.2, 0) is 6.54 Å². The van der Waals surface area contributed by atoms with Gasteiger partial charge in [-0.15, -0.1) is 0 Å². The van der Waals surface area contributed by atoms with Crippen LogP contribution in [0.2, 0.25) is 0 Å². The van der Waals surface area contributed by atoms with Crippen molar-refractivity contribution in [2.75, 3.05) is 13.1 Å². The molecule has 0 N–H and O–H groups in total. The summed E-state index contributed by atoms with van der Waals surface area (Å²) in [6.45, 7) is 8.71. The molecule has 0 saturated carbocycles. The second-order valence-corrected chi connectivity index (χ2v) is 6.22. The SMILES string of the molecule is CCCC1CN(Cc2ccccc2)CC(C)C1(C)F. The molecule has 1 nitrogen and oxygen atoms in total. The number of halogens is 1. The molecule has 1 aromatic rings. The normalized spacial score (nSPS) is 32.4. The van der Waals surface area contributed by atoms with Gasteiger partial charge in [0.2, 0.25) is 0 Å². The van der Waals surface area contributed by atoms with Gasteiger partial charge in [-0.2, -0.15) is 0 Å². The van der Waals surface area contributed by atoms with E-state index >= 15 is 0 Å². The molecule has 0 aliphatic carbocycles. The number of rotatable bonds is 4. The molecule has 1 fully saturated rings. The number of alkyl halides is 1. The summed E-state index contributed by atoms with van der Waals surface area (Å²) in [6.07, 6.45) is 2.05. The molecule has 1 aromatic carbocycles. The molecule has 0 amide bonds. The van der Waals surface area contributed by atoms with Gasteiger partial charge in [-0.25, -0.2) is 4.39 Å². The van der Waals surface area contributed by atoms with Crippen molar-refractivity contribution in [3.8, 4) is 0 Å². The minimum Gasteiger partial charge on any atom is -0.298 e. The maximum Gasteiger partial charge on any atom is 0.116 e. The van der Waals surface area contributed by atoms with Crippen LogP contribution >= 0.6 is 0 Å². The molecule has 1 aliphatic heterocycles. The summed E-state index contributed by atoms with van der Waals surface area (Å²) in [4.78, 5) is 2.42. The molecule has 3 atom stereocenters. The van der Waals surface area contributed by atoms with Gasteiger partial charge in [0, 0.05) is 31.5 Å². The summed E-state index contributed by atoms with van der Waals surface area (Å²) in [6, 6.07) is 10.5. The first-order valence-electron chi connectivity index (χ1n) is 7.49. The standard InChI is InChI=1S/C17H26FN/c1-4-8-16-13-19(11-14(2)17(16,3)18)12-15-9-6-5-7-10-15/h5-7,9-10,14,16H,4,8,11-13H2,1-3H3. The Hall–Kier alpha value is -0.890. The van der Waals surface area contributed by atoms with Crippen LogP contribution in [-0.4, -0.2) is 23.7 Å². The van der Waals surface area contributed by atoms with Gasteiger partial charge in [0.1, 0.15) is 5.67 Å². The van der Waals surface area contributed by atoms with Crippen molar-refractivity contribution in [1.29, 1.82) is 0 Å². The van der Waals surface area contributed by atoms with Crippen LogP contribution in [0.25, 0.3) is 0 Å². The van der Waals surface area contributed by atoms with Crippen molar-refractivity contribution in [2.24, 2.45) is 11.8 Å². The third-order valence-electron chi connectivity index (χ3n) is 4.66. The van der Waals surface area contributed by atoms with E-state index < -0.39 is 5.67 Å². The molecule has 0 spiro atoms. The molecule has 3 unspecified atom stereocenters. The molecule has 2 rings (SSSR count). The lowest BCUT2D eigenvalue weighted by molar-refractivity contribution is -0.0416. The van der Waals surface area contributed by atoms with Gasteiger partial charge in [-0.1, -0.05) is 50.6 Å². The zero-order valence-electron chi connectivity index (χ0n) is 12.4. The topological polar surface area (TPSA) is 3.24 Å². The summed E-state index contributed by atoms with van der Waals surface area (Å²) in [7, 11) is 0. The van der Waals surface area contributed by atoms with E-state index in [-0.39, 0.29) is 11.8 Å². The molecule has 106 valence electrons. The Bertz CT molecular complexity index is 388. The van der Waals surface area contributed by atoms with Crippen LogP contribution < -0.4 is 0 Å². The predicted molar refractivity (Wildman–Crippen MR) is 78.8 cm³/mol. The Morgan fingerprint density at radius 2 is 1.95 bits per heavy atom. The first-order valence-corrected chi connectivity index (χ1v) is 7.49. The first kappa shape index (κ1) is 14.5. The highest BCUT2D eigenvalue weighted by atomic mass is 19.1. The quantitative estimate of drug-likeness (QED) is 0.783. The van der Waals surface area contributed by atoms with E-state index in [1.165, 1.54) is 5.56 Å². The third-order valence-corrected chi connectivity index (χ3v) is 4.66. The zero-order chi connectivity index (χ0) is 13.9. The van der Waals surface area contributed by atoms with Crippen LogP contribution in [0.4, 0.5) is 4.39 Å². The van der Waals surface area contributed by atoms with Gasteiger partial charge in [-0.05, 0) is 18.9 Å². The molecule has 1 heterocycles. The van der Waals surface area contributed by atoms with Crippen LogP contribution in [0.3, 0.4) is 0 Å². The lowest BCUT2D eigenvalue weighted by Crippen LogP contribution is -2.52. The monoisotopic (exact) mass is 263 g/mol. The zero-order valence-corrected chi connectivity index (χ0v) is 12.4. The van der Waals surface area contributed by atoms with Crippen molar-refractivity contribution in [3.05, 3.63) is 35.9 Å². The fraction of sp³-hybridized carbons (Fsp3) is 0.647. The van der Waals surface area contributed by atoms with Crippen LogP contribution in [0, 0.1) is 11.8 Å². The minimum atomic E-state index is -1.01. The Labute approximate surface area is 116 Å². The van der Waals surface area contributed by atoms with Gasteiger partial charge in [0.05, 0.1) is 0 Å². The van der Waals surface area contributed by atoms with Crippen LogP contribution in [0.15, 0.2) is 30.3 Å². The lowest BCUT2D eigenvalue weighted by atomic mass is 9.75. The van der Waals surface area contributed by atoms with Gasteiger partial charge >= 0.3 is 0 Å². The third kappa shape index (κ3) is 3.36. The van der Waals surface area contributed by atoms with Crippen molar-refractivity contribution in [3.63, 3.8) is 0 Å². The predicted octanol–water partition coefficient (Wildman–Crippen LogP) is 4.28. The lowest BCUT2D eigenvalue weighted by Gasteiger charge is -2.45. The maximum absolute atomic E-state index is 14.8. The van der Waals surface area contributed by atoms with Crippen molar-refractivity contribution in [1.82, 2.24) is 4.90 Å². The number of hydrogen-bond donors (Lipinski definition) is 0. The van der Waals surface area contributed by atoms with E-state index in [9.17, 15) is 4.39 Å². The molecule has 2 heteroatoms. The second kappa shape index (κ2) is 6.04. The molecule has 0 aromatic heterocycles. The number of hydrogen-bond acceptors (Lipinski definition) is 1. The fourth-order valence-corrected chi connectivity index (χ4v) is 3.23. The average Bonchev–Trinajstić information content (AvgIpc) is 2.37. The summed E-state index contributed by atoms with van der Waals surface area (Å²) >= 11 is 0. The molecular formula is C17H26FN. The van der Waals surface area contributed by atoms with E-state index in [1.54, 1.807) is 6.92 Å². The Morgan fingerprint density at radius 3 is 2.58 bits per heavy atom. The highest BCUT2D eigenvalue weighted by Gasteiger charge is 2.44. The fourth-order valence-electron chi connectivity index (χ4n) is 3.23. The smallest absolute Gasteiger partial charge is 0.116 e. The molecule has 0 radical (unpaired) electrons. The van der Waals surface area contributed by atoms with Gasteiger partial charge in [0.25, 0.3) is 0 Å².